The minimum absolute atomic E-state index is 0.261. The molecule has 0 aliphatic rings. The van der Waals surface area contributed by atoms with E-state index in [0.29, 0.717) is 12.2 Å². The van der Waals surface area contributed by atoms with Crippen molar-refractivity contribution in [3.05, 3.63) is 34.4 Å². The molecule has 0 unspecified atom stereocenters. The molecule has 0 saturated carbocycles. The van der Waals surface area contributed by atoms with Gasteiger partial charge in [-0.15, -0.1) is 0 Å². The van der Waals surface area contributed by atoms with Gasteiger partial charge in [-0.1, -0.05) is 12.1 Å². The van der Waals surface area contributed by atoms with Crippen LogP contribution >= 0.6 is 15.9 Å². The molecule has 2 rings (SSSR count). The molecule has 0 spiro atoms. The summed E-state index contributed by atoms with van der Waals surface area (Å²) in [6.45, 7) is 5.07. The molecule has 0 bridgehead atoms. The summed E-state index contributed by atoms with van der Waals surface area (Å²) in [5.41, 5.74) is 1.67. The summed E-state index contributed by atoms with van der Waals surface area (Å²) in [6.07, 6.45) is 1.85. The number of halogens is 1. The van der Waals surface area contributed by atoms with Gasteiger partial charge < -0.3 is 9.30 Å². The average molecular weight is 296 g/mol. The number of esters is 1. The predicted molar refractivity (Wildman–Crippen MR) is 71.3 cm³/mol. The van der Waals surface area contributed by atoms with Crippen molar-refractivity contribution in [3.8, 4) is 0 Å². The van der Waals surface area contributed by atoms with E-state index >= 15 is 0 Å². The maximum Gasteiger partial charge on any atom is 0.340 e. The molecule has 3 nitrogen and oxygen atoms in total. The Kier molecular flexibility index (Phi) is 3.52. The second-order valence-corrected chi connectivity index (χ2v) is 4.54. The van der Waals surface area contributed by atoms with E-state index in [2.05, 4.69) is 15.9 Å². The molecule has 0 radical (unpaired) electrons. The van der Waals surface area contributed by atoms with Crippen LogP contribution in [0, 0.1) is 0 Å². The fraction of sp³-hybridized carbons (Fsp3) is 0.308. The monoisotopic (exact) mass is 295 g/mol. The minimum atomic E-state index is -0.261. The Morgan fingerprint density at radius 1 is 1.41 bits per heavy atom. The van der Waals surface area contributed by atoms with Gasteiger partial charge in [-0.25, -0.2) is 4.79 Å². The Bertz CT molecular complexity index is 560. The first-order valence-corrected chi connectivity index (χ1v) is 6.42. The lowest BCUT2D eigenvalue weighted by molar-refractivity contribution is 0.0528. The molecule has 0 amide bonds. The molecule has 90 valence electrons. The van der Waals surface area contributed by atoms with Gasteiger partial charge >= 0.3 is 5.97 Å². The highest BCUT2D eigenvalue weighted by Crippen LogP contribution is 2.28. The third kappa shape index (κ3) is 2.09. The maximum absolute atomic E-state index is 11.8. The van der Waals surface area contributed by atoms with Crippen LogP contribution in [-0.2, 0) is 11.3 Å². The van der Waals surface area contributed by atoms with Gasteiger partial charge in [-0.2, -0.15) is 0 Å². The number of aryl methyl sites for hydroxylation is 1. The molecule has 1 heterocycles. The van der Waals surface area contributed by atoms with Gasteiger partial charge in [0.05, 0.1) is 17.7 Å². The second-order valence-electron chi connectivity index (χ2n) is 3.69. The molecule has 1 aromatic carbocycles. The second kappa shape index (κ2) is 4.92. The van der Waals surface area contributed by atoms with Gasteiger partial charge in [0, 0.05) is 22.6 Å². The molecule has 0 saturated heterocycles. The summed E-state index contributed by atoms with van der Waals surface area (Å²) in [7, 11) is 0. The van der Waals surface area contributed by atoms with Crippen molar-refractivity contribution in [2.24, 2.45) is 0 Å². The molecule has 17 heavy (non-hydrogen) atoms. The first-order chi connectivity index (χ1) is 8.19. The number of carbonyl (C=O) groups is 1. The van der Waals surface area contributed by atoms with E-state index in [4.69, 9.17) is 4.74 Å². The number of para-hydroxylation sites is 1. The smallest absolute Gasteiger partial charge is 0.340 e. The fourth-order valence-corrected chi connectivity index (χ4v) is 2.53. The molecular formula is C13H14BrNO2. The van der Waals surface area contributed by atoms with Crippen LogP contribution in [0.15, 0.2) is 28.9 Å². The third-order valence-electron chi connectivity index (χ3n) is 2.69. The summed E-state index contributed by atoms with van der Waals surface area (Å²) in [5, 5.41) is 0.930. The van der Waals surface area contributed by atoms with E-state index in [1.807, 2.05) is 42.8 Å². The van der Waals surface area contributed by atoms with Gasteiger partial charge in [-0.3, -0.25) is 0 Å². The van der Waals surface area contributed by atoms with Gasteiger partial charge in [0.1, 0.15) is 0 Å². The predicted octanol–water partition coefficient (Wildman–Crippen LogP) is 3.60. The summed E-state index contributed by atoms with van der Waals surface area (Å²) < 4.78 is 8.11. The van der Waals surface area contributed by atoms with Crippen LogP contribution in [0.5, 0.6) is 0 Å². The Morgan fingerprint density at radius 2 is 2.18 bits per heavy atom. The van der Waals surface area contributed by atoms with Gasteiger partial charge in [0.25, 0.3) is 0 Å². The normalized spacial score (nSPS) is 10.8. The van der Waals surface area contributed by atoms with Crippen LogP contribution in [0.1, 0.15) is 24.2 Å². The largest absolute Gasteiger partial charge is 0.462 e. The first-order valence-electron chi connectivity index (χ1n) is 5.63. The van der Waals surface area contributed by atoms with E-state index in [0.717, 1.165) is 21.9 Å². The highest BCUT2D eigenvalue weighted by Gasteiger charge is 2.16. The van der Waals surface area contributed by atoms with Crippen molar-refractivity contribution in [1.82, 2.24) is 4.57 Å². The van der Waals surface area contributed by atoms with Crippen LogP contribution < -0.4 is 0 Å². The van der Waals surface area contributed by atoms with Crippen LogP contribution in [0.4, 0.5) is 0 Å². The zero-order valence-corrected chi connectivity index (χ0v) is 11.5. The van der Waals surface area contributed by atoms with Gasteiger partial charge in [-0.05, 0) is 35.8 Å². The number of carbonyl (C=O) groups excluding carboxylic acids is 1. The fourth-order valence-electron chi connectivity index (χ4n) is 1.94. The molecule has 0 aliphatic heterocycles. The van der Waals surface area contributed by atoms with E-state index in [-0.39, 0.29) is 5.97 Å². The topological polar surface area (TPSA) is 31.2 Å². The lowest BCUT2D eigenvalue weighted by atomic mass is 10.2. The maximum atomic E-state index is 11.8. The molecule has 0 N–H and O–H groups in total. The molecule has 0 atom stereocenters. The van der Waals surface area contributed by atoms with Crippen molar-refractivity contribution in [3.63, 3.8) is 0 Å². The summed E-state index contributed by atoms with van der Waals surface area (Å²) in [6, 6.07) is 5.84. The lowest BCUT2D eigenvalue weighted by Gasteiger charge is -2.01. The van der Waals surface area contributed by atoms with E-state index < -0.39 is 0 Å². The highest BCUT2D eigenvalue weighted by molar-refractivity contribution is 9.10. The SMILES string of the molecule is CCOC(=O)c1cn(CC)c2c(Br)cccc12. The Morgan fingerprint density at radius 3 is 2.82 bits per heavy atom. The highest BCUT2D eigenvalue weighted by atomic mass is 79.9. The number of aromatic nitrogens is 1. The van der Waals surface area contributed by atoms with Crippen molar-refractivity contribution >= 4 is 32.8 Å². The summed E-state index contributed by atoms with van der Waals surface area (Å²) in [4.78, 5) is 11.8. The Hall–Kier alpha value is -1.29. The number of hydrogen-bond acceptors (Lipinski definition) is 2. The lowest BCUT2D eigenvalue weighted by Crippen LogP contribution is -2.03. The first kappa shape index (κ1) is 12.2. The van der Waals surface area contributed by atoms with E-state index in [9.17, 15) is 4.79 Å². The van der Waals surface area contributed by atoms with Crippen molar-refractivity contribution < 1.29 is 9.53 Å². The van der Waals surface area contributed by atoms with E-state index in [1.54, 1.807) is 0 Å². The van der Waals surface area contributed by atoms with Crippen molar-refractivity contribution in [1.29, 1.82) is 0 Å². The number of ether oxygens (including phenoxy) is 1. The number of benzene rings is 1. The van der Waals surface area contributed by atoms with Crippen LogP contribution in [0.3, 0.4) is 0 Å². The number of rotatable bonds is 3. The standard InChI is InChI=1S/C13H14BrNO2/c1-3-15-8-10(13(16)17-4-2)9-6-5-7-11(14)12(9)15/h5-8H,3-4H2,1-2H3. The Labute approximate surface area is 108 Å². The Balaban J connectivity index is 2.65. The minimum Gasteiger partial charge on any atom is -0.462 e. The van der Waals surface area contributed by atoms with Crippen LogP contribution in [-0.4, -0.2) is 17.1 Å². The van der Waals surface area contributed by atoms with Crippen molar-refractivity contribution in [2.75, 3.05) is 6.61 Å². The van der Waals surface area contributed by atoms with E-state index in [1.165, 1.54) is 0 Å². The summed E-state index contributed by atoms with van der Waals surface area (Å²) in [5.74, 6) is -0.261. The number of hydrogen-bond donors (Lipinski definition) is 0. The molecular weight excluding hydrogens is 282 g/mol. The third-order valence-corrected chi connectivity index (χ3v) is 3.33. The zero-order valence-electron chi connectivity index (χ0n) is 9.87. The molecule has 0 aliphatic carbocycles. The van der Waals surface area contributed by atoms with Crippen LogP contribution in [0.2, 0.25) is 0 Å². The molecule has 4 heteroatoms. The number of nitrogens with zero attached hydrogens (tertiary/aromatic N) is 1. The number of fused-ring (bicyclic) bond motifs is 1. The zero-order chi connectivity index (χ0) is 12.4. The van der Waals surface area contributed by atoms with Gasteiger partial charge in [0.2, 0.25) is 0 Å². The molecule has 1 aromatic heterocycles. The summed E-state index contributed by atoms with van der Waals surface area (Å²) >= 11 is 3.52. The average Bonchev–Trinajstić information content (AvgIpc) is 2.69. The molecule has 0 fully saturated rings. The molecule has 2 aromatic rings. The van der Waals surface area contributed by atoms with Crippen molar-refractivity contribution in [2.45, 2.75) is 20.4 Å². The quantitative estimate of drug-likeness (QED) is 0.810. The van der Waals surface area contributed by atoms with Crippen LogP contribution in [0.25, 0.3) is 10.9 Å². The van der Waals surface area contributed by atoms with Gasteiger partial charge in [0.15, 0.2) is 0 Å².